The van der Waals surface area contributed by atoms with Crippen LogP contribution < -0.4 is 24.3 Å². The summed E-state index contributed by atoms with van der Waals surface area (Å²) in [5, 5.41) is 2.84. The number of Topliss-reactive ketones (excluding diaryl/α,β-unsaturated/α-hetero) is 1. The molecule has 1 amide bonds. The Balaban J connectivity index is 1.25. The Kier molecular flexibility index (Phi) is 5.22. The first kappa shape index (κ1) is 20.6. The van der Waals surface area contributed by atoms with Crippen LogP contribution in [0, 0.1) is 13.8 Å². The van der Waals surface area contributed by atoms with Crippen molar-refractivity contribution in [1.29, 1.82) is 0 Å². The Bertz CT molecular complexity index is 1310. The predicted octanol–water partition coefficient (Wildman–Crippen LogP) is 4.67. The molecule has 3 aromatic carbocycles. The number of hydrogen-bond donors (Lipinski definition) is 1. The molecule has 2 aliphatic rings. The number of ketones is 1. The highest BCUT2D eigenvalue weighted by molar-refractivity contribution is 6.14. The molecule has 7 nitrogen and oxygen atoms in total. The summed E-state index contributed by atoms with van der Waals surface area (Å²) in [5.41, 5.74) is 4.05. The first-order valence-electron chi connectivity index (χ1n) is 10.4. The van der Waals surface area contributed by atoms with E-state index in [9.17, 15) is 9.59 Å². The van der Waals surface area contributed by atoms with Crippen molar-refractivity contribution in [3.8, 4) is 23.0 Å². The number of amides is 1. The Morgan fingerprint density at radius 3 is 2.70 bits per heavy atom. The molecule has 0 bridgehead atoms. The van der Waals surface area contributed by atoms with Crippen LogP contribution in [0.4, 0.5) is 5.69 Å². The van der Waals surface area contributed by atoms with Crippen LogP contribution in [-0.2, 0) is 4.79 Å². The summed E-state index contributed by atoms with van der Waals surface area (Å²) >= 11 is 0. The molecule has 1 N–H and O–H groups in total. The van der Waals surface area contributed by atoms with Crippen LogP contribution in [0.5, 0.6) is 23.0 Å². The average Bonchev–Trinajstić information content (AvgIpc) is 3.38. The summed E-state index contributed by atoms with van der Waals surface area (Å²) in [6.07, 6.45) is 1.65. The first-order chi connectivity index (χ1) is 16.0. The lowest BCUT2D eigenvalue weighted by molar-refractivity contribution is -0.118. The van der Waals surface area contributed by atoms with Crippen molar-refractivity contribution in [2.45, 2.75) is 13.8 Å². The fourth-order valence-corrected chi connectivity index (χ4v) is 3.70. The summed E-state index contributed by atoms with van der Waals surface area (Å²) < 4.78 is 22.1. The van der Waals surface area contributed by atoms with E-state index in [1.807, 2.05) is 38.1 Å². The molecule has 0 saturated carbocycles. The summed E-state index contributed by atoms with van der Waals surface area (Å²) in [6, 6.07) is 16.1. The van der Waals surface area contributed by atoms with Crippen LogP contribution in [-0.4, -0.2) is 25.1 Å². The minimum Gasteiger partial charge on any atom is -0.484 e. The van der Waals surface area contributed by atoms with Gasteiger partial charge in [-0.05, 0) is 61.4 Å². The van der Waals surface area contributed by atoms with Crippen LogP contribution in [0.3, 0.4) is 0 Å². The third kappa shape index (κ3) is 4.25. The van der Waals surface area contributed by atoms with E-state index in [1.54, 1.807) is 36.4 Å². The molecule has 0 aliphatic carbocycles. The molecule has 7 heteroatoms. The van der Waals surface area contributed by atoms with Gasteiger partial charge < -0.3 is 24.3 Å². The third-order valence-corrected chi connectivity index (χ3v) is 5.36. The van der Waals surface area contributed by atoms with Gasteiger partial charge in [-0.15, -0.1) is 0 Å². The highest BCUT2D eigenvalue weighted by atomic mass is 16.7. The summed E-state index contributed by atoms with van der Waals surface area (Å²) in [5.74, 6) is 1.82. The van der Waals surface area contributed by atoms with Gasteiger partial charge in [-0.3, -0.25) is 9.59 Å². The maximum atomic E-state index is 12.7. The SMILES string of the molecule is Cc1ccc(NC(=O)COc2ccc3c(c2)OC(=Cc2ccc4c(c2)OCO4)C3=O)c(C)c1. The lowest BCUT2D eigenvalue weighted by atomic mass is 10.1. The minimum absolute atomic E-state index is 0.167. The van der Waals surface area contributed by atoms with Crippen molar-refractivity contribution in [2.24, 2.45) is 0 Å². The molecule has 0 radical (unpaired) electrons. The molecule has 0 fully saturated rings. The molecule has 0 atom stereocenters. The van der Waals surface area contributed by atoms with E-state index in [-0.39, 0.29) is 30.8 Å². The van der Waals surface area contributed by atoms with Gasteiger partial charge in [-0.1, -0.05) is 23.8 Å². The van der Waals surface area contributed by atoms with Crippen LogP contribution in [0.2, 0.25) is 0 Å². The van der Waals surface area contributed by atoms with Gasteiger partial charge in [-0.25, -0.2) is 0 Å². The Morgan fingerprint density at radius 2 is 1.85 bits per heavy atom. The first-order valence-corrected chi connectivity index (χ1v) is 10.4. The number of benzene rings is 3. The smallest absolute Gasteiger partial charge is 0.262 e. The van der Waals surface area contributed by atoms with E-state index in [2.05, 4.69) is 5.32 Å². The molecule has 166 valence electrons. The quantitative estimate of drug-likeness (QED) is 0.578. The highest BCUT2D eigenvalue weighted by Crippen LogP contribution is 2.37. The molecular weight excluding hydrogens is 422 g/mol. The summed E-state index contributed by atoms with van der Waals surface area (Å²) in [6.45, 7) is 3.95. The monoisotopic (exact) mass is 443 g/mol. The van der Waals surface area contributed by atoms with Crippen molar-refractivity contribution in [3.05, 3.63) is 82.6 Å². The lowest BCUT2D eigenvalue weighted by Crippen LogP contribution is -2.20. The van der Waals surface area contributed by atoms with Crippen molar-refractivity contribution < 1.29 is 28.5 Å². The van der Waals surface area contributed by atoms with Crippen LogP contribution >= 0.6 is 0 Å². The van der Waals surface area contributed by atoms with E-state index < -0.39 is 0 Å². The van der Waals surface area contributed by atoms with Gasteiger partial charge in [0.1, 0.15) is 11.5 Å². The van der Waals surface area contributed by atoms with Crippen molar-refractivity contribution >= 4 is 23.5 Å². The molecule has 0 saturated heterocycles. The van der Waals surface area contributed by atoms with Gasteiger partial charge in [0.05, 0.1) is 5.56 Å². The molecule has 0 spiro atoms. The van der Waals surface area contributed by atoms with Crippen molar-refractivity contribution in [1.82, 2.24) is 0 Å². The number of anilines is 1. The number of hydrogen-bond acceptors (Lipinski definition) is 6. The number of allylic oxidation sites excluding steroid dienone is 1. The van der Waals surface area contributed by atoms with E-state index in [1.165, 1.54) is 0 Å². The summed E-state index contributed by atoms with van der Waals surface area (Å²) in [7, 11) is 0. The second-order valence-corrected chi connectivity index (χ2v) is 7.87. The number of ether oxygens (including phenoxy) is 4. The molecule has 0 aromatic heterocycles. The molecule has 0 unspecified atom stereocenters. The summed E-state index contributed by atoms with van der Waals surface area (Å²) in [4.78, 5) is 25.0. The van der Waals surface area contributed by atoms with Crippen LogP contribution in [0.25, 0.3) is 6.08 Å². The zero-order chi connectivity index (χ0) is 22.9. The van der Waals surface area contributed by atoms with Crippen LogP contribution in [0.15, 0.2) is 60.4 Å². The lowest BCUT2D eigenvalue weighted by Gasteiger charge is -2.10. The van der Waals surface area contributed by atoms with Gasteiger partial charge in [0.2, 0.25) is 12.6 Å². The highest BCUT2D eigenvalue weighted by Gasteiger charge is 2.28. The van der Waals surface area contributed by atoms with E-state index in [0.717, 1.165) is 22.4 Å². The Labute approximate surface area is 190 Å². The van der Waals surface area contributed by atoms with Gasteiger partial charge in [0.15, 0.2) is 23.9 Å². The minimum atomic E-state index is -0.275. The molecule has 2 aliphatic heterocycles. The Hall–Kier alpha value is -4.26. The third-order valence-electron chi connectivity index (χ3n) is 5.36. The average molecular weight is 443 g/mol. The zero-order valence-corrected chi connectivity index (χ0v) is 18.1. The number of aryl methyl sites for hydroxylation is 2. The number of nitrogens with one attached hydrogen (secondary N) is 1. The molecule has 2 heterocycles. The second kappa shape index (κ2) is 8.35. The Morgan fingerprint density at radius 1 is 1.00 bits per heavy atom. The molecule has 5 rings (SSSR count). The zero-order valence-electron chi connectivity index (χ0n) is 18.1. The second-order valence-electron chi connectivity index (χ2n) is 7.87. The number of fused-ring (bicyclic) bond motifs is 2. The maximum absolute atomic E-state index is 12.7. The van der Waals surface area contributed by atoms with Gasteiger partial charge in [-0.2, -0.15) is 0 Å². The van der Waals surface area contributed by atoms with E-state index in [0.29, 0.717) is 28.6 Å². The standard InChI is InChI=1S/C26H21NO6/c1-15-3-7-20(16(2)9-15)27-25(28)13-30-18-5-6-19-22(12-18)33-24(26(19)29)11-17-4-8-21-23(10-17)32-14-31-21/h3-12H,13-14H2,1-2H3,(H,27,28). The normalized spacial score (nSPS) is 14.7. The molecular formula is C26H21NO6. The number of carbonyl (C=O) groups is 2. The van der Waals surface area contributed by atoms with Crippen molar-refractivity contribution in [2.75, 3.05) is 18.7 Å². The topological polar surface area (TPSA) is 83.1 Å². The predicted molar refractivity (Wildman–Crippen MR) is 122 cm³/mol. The van der Waals surface area contributed by atoms with Gasteiger partial charge in [0.25, 0.3) is 5.91 Å². The van der Waals surface area contributed by atoms with Gasteiger partial charge in [0, 0.05) is 11.8 Å². The van der Waals surface area contributed by atoms with Crippen LogP contribution in [0.1, 0.15) is 27.0 Å². The number of carbonyl (C=O) groups excluding carboxylic acids is 2. The number of rotatable bonds is 5. The van der Waals surface area contributed by atoms with E-state index >= 15 is 0 Å². The maximum Gasteiger partial charge on any atom is 0.262 e. The molecule has 33 heavy (non-hydrogen) atoms. The van der Waals surface area contributed by atoms with Gasteiger partial charge >= 0.3 is 0 Å². The largest absolute Gasteiger partial charge is 0.484 e. The molecule has 3 aromatic rings. The van der Waals surface area contributed by atoms with E-state index in [4.69, 9.17) is 18.9 Å². The fourth-order valence-electron chi connectivity index (χ4n) is 3.70. The fraction of sp³-hybridized carbons (Fsp3) is 0.154. The van der Waals surface area contributed by atoms with Crippen molar-refractivity contribution in [3.63, 3.8) is 0 Å².